The van der Waals surface area contributed by atoms with E-state index in [2.05, 4.69) is 4.98 Å². The van der Waals surface area contributed by atoms with Crippen LogP contribution in [0.1, 0.15) is 36.2 Å². The van der Waals surface area contributed by atoms with Gasteiger partial charge in [-0.3, -0.25) is 9.59 Å². The third-order valence-electron chi connectivity index (χ3n) is 5.09. The number of sulfonamides is 1. The number of piperidine rings is 1. The van der Waals surface area contributed by atoms with Crippen LogP contribution in [0.2, 0.25) is 0 Å². The molecule has 0 saturated carbocycles. The van der Waals surface area contributed by atoms with Crippen LogP contribution in [-0.2, 0) is 14.8 Å². The molecule has 0 unspecified atom stereocenters. The number of hydrogen-bond donors (Lipinski definition) is 0. The predicted molar refractivity (Wildman–Crippen MR) is 103 cm³/mol. The first-order valence-electron chi connectivity index (χ1n) is 9.11. The summed E-state index contributed by atoms with van der Waals surface area (Å²) in [6.45, 7) is 2.38. The molecule has 0 spiro atoms. The van der Waals surface area contributed by atoms with Crippen molar-refractivity contribution in [3.8, 4) is 0 Å². The molecule has 2 heterocycles. The van der Waals surface area contributed by atoms with Gasteiger partial charge in [0.1, 0.15) is 0 Å². The van der Waals surface area contributed by atoms with E-state index in [9.17, 15) is 18.0 Å². The molecule has 1 aromatic heterocycles. The molecule has 1 aliphatic heterocycles. The number of likely N-dealkylation sites (tertiary alicyclic amines) is 1. The molecule has 1 fully saturated rings. The molecule has 1 saturated heterocycles. The summed E-state index contributed by atoms with van der Waals surface area (Å²) in [6.07, 6.45) is 7.05. The van der Waals surface area contributed by atoms with Gasteiger partial charge in [0.05, 0.1) is 17.8 Å². The summed E-state index contributed by atoms with van der Waals surface area (Å²) >= 11 is 0. The second-order valence-electron chi connectivity index (χ2n) is 6.96. The van der Waals surface area contributed by atoms with Gasteiger partial charge < -0.3 is 9.47 Å². The molecule has 9 heteroatoms. The minimum Gasteiger partial charge on any atom is -0.341 e. The number of likely N-dealkylation sites (N-methyl/N-ethyl adjacent to an activating group) is 1. The zero-order valence-electron chi connectivity index (χ0n) is 16.0. The van der Waals surface area contributed by atoms with Crippen LogP contribution in [-0.4, -0.2) is 65.5 Å². The van der Waals surface area contributed by atoms with Crippen LogP contribution < -0.4 is 0 Å². The molecule has 0 N–H and O–H groups in total. The number of amides is 1. The van der Waals surface area contributed by atoms with Crippen LogP contribution >= 0.6 is 0 Å². The molecular weight excluding hydrogens is 380 g/mol. The monoisotopic (exact) mass is 404 g/mol. The molecule has 0 bridgehead atoms. The van der Waals surface area contributed by atoms with E-state index in [1.165, 1.54) is 38.2 Å². The lowest BCUT2D eigenvalue weighted by Gasteiger charge is -2.33. The van der Waals surface area contributed by atoms with Gasteiger partial charge in [-0.25, -0.2) is 13.4 Å². The second-order valence-corrected chi connectivity index (χ2v) is 9.01. The van der Waals surface area contributed by atoms with Crippen molar-refractivity contribution in [1.82, 2.24) is 18.8 Å². The third-order valence-corrected chi connectivity index (χ3v) is 6.91. The average Bonchev–Trinajstić information content (AvgIpc) is 3.23. The van der Waals surface area contributed by atoms with E-state index in [0.29, 0.717) is 24.7 Å². The normalized spacial score (nSPS) is 15.8. The number of carbonyl (C=O) groups is 2. The second kappa shape index (κ2) is 8.24. The molecule has 1 aliphatic rings. The van der Waals surface area contributed by atoms with E-state index < -0.39 is 10.0 Å². The SMILES string of the molecule is CC(=O)c1ccc(S(=O)(=O)N(C)CC(=O)N2CCC(n3ccnc3)CC2)cc1. The van der Waals surface area contributed by atoms with Crippen LogP contribution in [0.3, 0.4) is 0 Å². The average molecular weight is 404 g/mol. The highest BCUT2D eigenvalue weighted by Crippen LogP contribution is 2.22. The Bertz CT molecular complexity index is 931. The van der Waals surface area contributed by atoms with Gasteiger partial charge >= 0.3 is 0 Å². The Hall–Kier alpha value is -2.52. The van der Waals surface area contributed by atoms with Gasteiger partial charge in [-0.05, 0) is 31.9 Å². The van der Waals surface area contributed by atoms with Gasteiger partial charge in [0.25, 0.3) is 0 Å². The lowest BCUT2D eigenvalue weighted by atomic mass is 10.0. The van der Waals surface area contributed by atoms with Gasteiger partial charge in [-0.2, -0.15) is 4.31 Å². The summed E-state index contributed by atoms with van der Waals surface area (Å²) in [4.78, 5) is 29.7. The summed E-state index contributed by atoms with van der Waals surface area (Å²) < 4.78 is 28.5. The van der Waals surface area contributed by atoms with E-state index >= 15 is 0 Å². The zero-order chi connectivity index (χ0) is 20.3. The molecule has 28 heavy (non-hydrogen) atoms. The number of hydrogen-bond acceptors (Lipinski definition) is 5. The van der Waals surface area contributed by atoms with Crippen LogP contribution in [0, 0.1) is 0 Å². The molecule has 0 atom stereocenters. The van der Waals surface area contributed by atoms with Crippen molar-refractivity contribution in [2.45, 2.75) is 30.7 Å². The Morgan fingerprint density at radius 1 is 1.18 bits per heavy atom. The fraction of sp³-hybridized carbons (Fsp3) is 0.421. The maximum atomic E-state index is 12.7. The molecule has 0 radical (unpaired) electrons. The number of rotatable bonds is 6. The van der Waals surface area contributed by atoms with Gasteiger partial charge in [0.2, 0.25) is 15.9 Å². The Kier molecular flexibility index (Phi) is 5.95. The molecule has 1 aromatic carbocycles. The van der Waals surface area contributed by atoms with E-state index in [1.807, 2.05) is 10.8 Å². The maximum Gasteiger partial charge on any atom is 0.243 e. The van der Waals surface area contributed by atoms with E-state index in [-0.39, 0.29) is 23.1 Å². The minimum atomic E-state index is -3.80. The number of ketones is 1. The summed E-state index contributed by atoms with van der Waals surface area (Å²) in [6, 6.07) is 6.05. The topological polar surface area (TPSA) is 92.6 Å². The smallest absolute Gasteiger partial charge is 0.243 e. The third kappa shape index (κ3) is 4.31. The maximum absolute atomic E-state index is 12.7. The van der Waals surface area contributed by atoms with E-state index in [4.69, 9.17) is 0 Å². The largest absolute Gasteiger partial charge is 0.341 e. The number of aromatic nitrogens is 2. The number of benzene rings is 1. The van der Waals surface area contributed by atoms with Crippen molar-refractivity contribution in [2.24, 2.45) is 0 Å². The van der Waals surface area contributed by atoms with Gasteiger partial charge in [-0.15, -0.1) is 0 Å². The standard InChI is InChI=1S/C19H24N4O4S/c1-15(24)16-3-5-18(6-4-16)28(26,27)21(2)13-19(25)22-10-7-17(8-11-22)23-12-9-20-14-23/h3-6,9,12,14,17H,7-8,10-11,13H2,1-2H3. The Labute approximate surface area is 164 Å². The van der Waals surface area contributed by atoms with Crippen molar-refractivity contribution >= 4 is 21.7 Å². The van der Waals surface area contributed by atoms with Crippen molar-refractivity contribution < 1.29 is 18.0 Å². The first-order chi connectivity index (χ1) is 13.3. The van der Waals surface area contributed by atoms with E-state index in [1.54, 1.807) is 17.4 Å². The Balaban J connectivity index is 1.59. The highest BCUT2D eigenvalue weighted by Gasteiger charge is 2.28. The van der Waals surface area contributed by atoms with Crippen LogP contribution in [0.15, 0.2) is 47.9 Å². The van der Waals surface area contributed by atoms with Crippen molar-refractivity contribution in [3.05, 3.63) is 48.5 Å². The molecule has 3 rings (SSSR count). The molecule has 150 valence electrons. The fourth-order valence-electron chi connectivity index (χ4n) is 3.32. The Morgan fingerprint density at radius 2 is 1.82 bits per heavy atom. The first kappa shape index (κ1) is 20.2. The Morgan fingerprint density at radius 3 is 2.36 bits per heavy atom. The summed E-state index contributed by atoms with van der Waals surface area (Å²) in [5, 5.41) is 0. The van der Waals surface area contributed by atoms with Crippen LogP contribution in [0.4, 0.5) is 0 Å². The molecule has 8 nitrogen and oxygen atoms in total. The van der Waals surface area contributed by atoms with Crippen molar-refractivity contribution in [2.75, 3.05) is 26.7 Å². The molecule has 0 aliphatic carbocycles. The lowest BCUT2D eigenvalue weighted by molar-refractivity contribution is -0.132. The number of nitrogens with zero attached hydrogens (tertiary/aromatic N) is 4. The summed E-state index contributed by atoms with van der Waals surface area (Å²) in [5.41, 5.74) is 0.443. The van der Waals surface area contributed by atoms with Crippen LogP contribution in [0.5, 0.6) is 0 Å². The van der Waals surface area contributed by atoms with Crippen molar-refractivity contribution in [1.29, 1.82) is 0 Å². The number of imidazole rings is 1. The highest BCUT2D eigenvalue weighted by atomic mass is 32.2. The highest BCUT2D eigenvalue weighted by molar-refractivity contribution is 7.89. The lowest BCUT2D eigenvalue weighted by Crippen LogP contribution is -2.44. The van der Waals surface area contributed by atoms with Gasteiger partial charge in [0.15, 0.2) is 5.78 Å². The minimum absolute atomic E-state index is 0.0617. The molecule has 1 amide bonds. The number of Topliss-reactive ketones (excluding diaryl/α,β-unsaturated/α-hetero) is 1. The first-order valence-corrected chi connectivity index (χ1v) is 10.6. The zero-order valence-corrected chi connectivity index (χ0v) is 16.8. The quantitative estimate of drug-likeness (QED) is 0.682. The van der Waals surface area contributed by atoms with Crippen molar-refractivity contribution in [3.63, 3.8) is 0 Å². The van der Waals surface area contributed by atoms with Gasteiger partial charge in [-0.1, -0.05) is 12.1 Å². The number of carbonyl (C=O) groups excluding carboxylic acids is 2. The van der Waals surface area contributed by atoms with E-state index in [0.717, 1.165) is 17.1 Å². The summed E-state index contributed by atoms with van der Waals surface area (Å²) in [7, 11) is -2.41. The van der Waals surface area contributed by atoms with Gasteiger partial charge in [0, 0.05) is 44.1 Å². The molecular formula is C19H24N4O4S. The fourth-order valence-corrected chi connectivity index (χ4v) is 4.44. The summed E-state index contributed by atoms with van der Waals surface area (Å²) in [5.74, 6) is -0.345. The predicted octanol–water partition coefficient (Wildman–Crippen LogP) is 1.57. The molecule has 2 aromatic rings. The van der Waals surface area contributed by atoms with Crippen LogP contribution in [0.25, 0.3) is 0 Å².